The van der Waals surface area contributed by atoms with Gasteiger partial charge < -0.3 is 20.9 Å². The number of piperidine rings is 1. The molecule has 1 amide bonds. The summed E-state index contributed by atoms with van der Waals surface area (Å²) in [5, 5.41) is 0. The van der Waals surface area contributed by atoms with Crippen LogP contribution in [0.5, 0.6) is 0 Å². The first kappa shape index (κ1) is 17.4. The summed E-state index contributed by atoms with van der Waals surface area (Å²) in [6.45, 7) is 1.45. The highest BCUT2D eigenvalue weighted by molar-refractivity contribution is 5.92. The summed E-state index contributed by atoms with van der Waals surface area (Å²) >= 11 is 0. The molecule has 1 aliphatic heterocycles. The van der Waals surface area contributed by atoms with Crippen molar-refractivity contribution in [2.24, 2.45) is 11.5 Å². The SMILES string of the molecule is NC(=O)c1ccc(Cn2c(N3CC[C@@H](F)[C@H](N)C3)nc3ccccc32)nc1. The standard InChI is InChI=1S/C19H21FN6O/c20-14-7-8-25(11-15(14)21)19-24-16-3-1-2-4-17(16)26(19)10-13-6-5-12(9-23-13)18(22)27/h1-6,9,14-15H,7-8,10-11,21H2,(H2,22,27)/t14-,15-/m1/s1. The Hall–Kier alpha value is -3.00. The van der Waals surface area contributed by atoms with Gasteiger partial charge in [-0.15, -0.1) is 0 Å². The van der Waals surface area contributed by atoms with Crippen molar-refractivity contribution in [1.29, 1.82) is 0 Å². The first-order valence-electron chi connectivity index (χ1n) is 8.87. The van der Waals surface area contributed by atoms with E-state index in [4.69, 9.17) is 16.5 Å². The lowest BCUT2D eigenvalue weighted by Crippen LogP contribution is -2.50. The average molecular weight is 368 g/mol. The zero-order valence-corrected chi connectivity index (χ0v) is 14.8. The lowest BCUT2D eigenvalue weighted by molar-refractivity contribution is 0.1000. The summed E-state index contributed by atoms with van der Waals surface area (Å²) in [5.41, 5.74) is 14.2. The van der Waals surface area contributed by atoms with Gasteiger partial charge in [0.15, 0.2) is 0 Å². The fraction of sp³-hybridized carbons (Fsp3) is 0.316. The monoisotopic (exact) mass is 368 g/mol. The number of nitrogens with two attached hydrogens (primary N) is 2. The van der Waals surface area contributed by atoms with E-state index in [1.807, 2.05) is 33.7 Å². The van der Waals surface area contributed by atoms with E-state index in [0.29, 0.717) is 31.6 Å². The molecule has 8 heteroatoms. The molecule has 1 fully saturated rings. The highest BCUT2D eigenvalue weighted by atomic mass is 19.1. The average Bonchev–Trinajstić information content (AvgIpc) is 3.03. The summed E-state index contributed by atoms with van der Waals surface area (Å²) in [4.78, 5) is 22.4. The molecule has 4 N–H and O–H groups in total. The number of fused-ring (bicyclic) bond motifs is 1. The van der Waals surface area contributed by atoms with E-state index in [0.717, 1.165) is 22.7 Å². The second kappa shape index (κ2) is 6.96. The van der Waals surface area contributed by atoms with E-state index in [1.165, 1.54) is 6.20 Å². The van der Waals surface area contributed by atoms with Crippen LogP contribution in [-0.2, 0) is 6.54 Å². The molecule has 27 heavy (non-hydrogen) atoms. The molecule has 4 rings (SSSR count). The number of anilines is 1. The van der Waals surface area contributed by atoms with Crippen molar-refractivity contribution < 1.29 is 9.18 Å². The van der Waals surface area contributed by atoms with Crippen molar-refractivity contribution in [3.05, 3.63) is 53.9 Å². The van der Waals surface area contributed by atoms with Crippen molar-refractivity contribution >= 4 is 22.9 Å². The Bertz CT molecular complexity index is 970. The third-order valence-electron chi connectivity index (χ3n) is 4.92. The minimum atomic E-state index is -0.984. The lowest BCUT2D eigenvalue weighted by atomic mass is 10.1. The Labute approximate surface area is 155 Å². The Morgan fingerprint density at radius 3 is 2.78 bits per heavy atom. The van der Waals surface area contributed by atoms with E-state index < -0.39 is 18.1 Å². The van der Waals surface area contributed by atoms with Gasteiger partial charge in [0.2, 0.25) is 11.9 Å². The number of carbonyl (C=O) groups excluding carboxylic acids is 1. The van der Waals surface area contributed by atoms with Gasteiger partial charge in [-0.3, -0.25) is 9.78 Å². The minimum absolute atomic E-state index is 0.366. The van der Waals surface area contributed by atoms with Crippen LogP contribution in [0.1, 0.15) is 22.5 Å². The minimum Gasteiger partial charge on any atom is -0.366 e. The van der Waals surface area contributed by atoms with Gasteiger partial charge in [0.1, 0.15) is 6.17 Å². The maximum atomic E-state index is 13.8. The number of primary amides is 1. The Balaban J connectivity index is 1.71. The summed E-state index contributed by atoms with van der Waals surface area (Å²) in [7, 11) is 0. The van der Waals surface area contributed by atoms with Gasteiger partial charge in [-0.05, 0) is 30.7 Å². The zero-order valence-electron chi connectivity index (χ0n) is 14.8. The molecule has 7 nitrogen and oxygen atoms in total. The molecule has 2 atom stereocenters. The molecule has 3 aromatic rings. The van der Waals surface area contributed by atoms with E-state index in [9.17, 15) is 9.18 Å². The molecule has 0 saturated carbocycles. The van der Waals surface area contributed by atoms with E-state index in [-0.39, 0.29) is 0 Å². The van der Waals surface area contributed by atoms with Crippen LogP contribution < -0.4 is 16.4 Å². The molecule has 1 saturated heterocycles. The quantitative estimate of drug-likeness (QED) is 0.726. The van der Waals surface area contributed by atoms with Gasteiger partial charge in [0, 0.05) is 19.3 Å². The predicted octanol–water partition coefficient (Wildman–Crippen LogP) is 1.45. The highest BCUT2D eigenvalue weighted by Crippen LogP contribution is 2.26. The fourth-order valence-electron chi connectivity index (χ4n) is 3.42. The smallest absolute Gasteiger partial charge is 0.250 e. The second-order valence-corrected chi connectivity index (χ2v) is 6.80. The molecule has 140 valence electrons. The topological polar surface area (TPSA) is 103 Å². The van der Waals surface area contributed by atoms with Gasteiger partial charge in [-0.1, -0.05) is 12.1 Å². The molecule has 1 aliphatic rings. The van der Waals surface area contributed by atoms with Gasteiger partial charge >= 0.3 is 0 Å². The summed E-state index contributed by atoms with van der Waals surface area (Å²) in [5.74, 6) is 0.241. The number of imidazole rings is 1. The van der Waals surface area contributed by atoms with Crippen LogP contribution in [0.4, 0.5) is 10.3 Å². The number of benzene rings is 1. The van der Waals surface area contributed by atoms with Gasteiger partial charge in [-0.25, -0.2) is 9.37 Å². The van der Waals surface area contributed by atoms with E-state index >= 15 is 0 Å². The number of aromatic nitrogens is 3. The lowest BCUT2D eigenvalue weighted by Gasteiger charge is -2.34. The third-order valence-corrected chi connectivity index (χ3v) is 4.92. The van der Waals surface area contributed by atoms with Crippen LogP contribution in [0, 0.1) is 0 Å². The van der Waals surface area contributed by atoms with Crippen molar-refractivity contribution in [3.63, 3.8) is 0 Å². The zero-order chi connectivity index (χ0) is 19.0. The normalized spacial score (nSPS) is 20.1. The van der Waals surface area contributed by atoms with E-state index in [1.54, 1.807) is 12.1 Å². The van der Waals surface area contributed by atoms with Crippen molar-refractivity contribution in [1.82, 2.24) is 14.5 Å². The first-order chi connectivity index (χ1) is 13.0. The number of amides is 1. The largest absolute Gasteiger partial charge is 0.366 e. The van der Waals surface area contributed by atoms with Crippen LogP contribution in [-0.4, -0.2) is 45.7 Å². The second-order valence-electron chi connectivity index (χ2n) is 6.80. The van der Waals surface area contributed by atoms with Crippen molar-refractivity contribution in [2.45, 2.75) is 25.2 Å². The summed E-state index contributed by atoms with van der Waals surface area (Å²) in [6, 6.07) is 10.7. The number of carbonyl (C=O) groups is 1. The Morgan fingerprint density at radius 2 is 2.07 bits per heavy atom. The number of hydrogen-bond donors (Lipinski definition) is 2. The molecule has 0 bridgehead atoms. The van der Waals surface area contributed by atoms with Crippen LogP contribution >= 0.6 is 0 Å². The number of hydrogen-bond acceptors (Lipinski definition) is 5. The highest BCUT2D eigenvalue weighted by Gasteiger charge is 2.29. The van der Waals surface area contributed by atoms with Crippen LogP contribution in [0.25, 0.3) is 11.0 Å². The number of nitrogens with zero attached hydrogens (tertiary/aromatic N) is 4. The van der Waals surface area contributed by atoms with Crippen molar-refractivity contribution in [2.75, 3.05) is 18.0 Å². The summed E-state index contributed by atoms with van der Waals surface area (Å²) in [6.07, 6.45) is 0.874. The van der Waals surface area contributed by atoms with Gasteiger partial charge in [0.25, 0.3) is 0 Å². The Morgan fingerprint density at radius 1 is 1.26 bits per heavy atom. The molecule has 0 aliphatic carbocycles. The maximum Gasteiger partial charge on any atom is 0.250 e. The maximum absolute atomic E-state index is 13.8. The van der Waals surface area contributed by atoms with Crippen LogP contribution in [0.2, 0.25) is 0 Å². The Kier molecular flexibility index (Phi) is 4.49. The van der Waals surface area contributed by atoms with Gasteiger partial charge in [-0.2, -0.15) is 0 Å². The predicted molar refractivity (Wildman–Crippen MR) is 101 cm³/mol. The van der Waals surface area contributed by atoms with Crippen molar-refractivity contribution in [3.8, 4) is 0 Å². The molecule has 2 aromatic heterocycles. The molecular weight excluding hydrogens is 347 g/mol. The molecule has 0 spiro atoms. The van der Waals surface area contributed by atoms with E-state index in [2.05, 4.69) is 4.98 Å². The third kappa shape index (κ3) is 3.35. The van der Waals surface area contributed by atoms with Gasteiger partial charge in [0.05, 0.1) is 34.9 Å². The fourth-order valence-corrected chi connectivity index (χ4v) is 3.42. The molecular formula is C19H21FN6O. The molecule has 0 unspecified atom stereocenters. The first-order valence-corrected chi connectivity index (χ1v) is 8.87. The van der Waals surface area contributed by atoms with Crippen LogP contribution in [0.15, 0.2) is 42.6 Å². The number of halogens is 1. The number of para-hydroxylation sites is 2. The number of pyridine rings is 1. The van der Waals surface area contributed by atoms with Crippen LogP contribution in [0.3, 0.4) is 0 Å². The number of alkyl halides is 1. The molecule has 3 heterocycles. The summed E-state index contributed by atoms with van der Waals surface area (Å²) < 4.78 is 15.8. The number of rotatable bonds is 4. The molecule has 0 radical (unpaired) electrons. The molecule has 1 aromatic carbocycles.